The predicted molar refractivity (Wildman–Crippen MR) is 53.7 cm³/mol. The second kappa shape index (κ2) is 6.59. The zero-order valence-corrected chi connectivity index (χ0v) is 8.43. The topological polar surface area (TPSA) is 84.2 Å². The Balaban J connectivity index is 3.51. The van der Waals surface area contributed by atoms with Gasteiger partial charge in [-0.15, -0.1) is 0 Å². The van der Waals surface area contributed by atoms with Crippen LogP contribution in [0.1, 0.15) is 13.3 Å². The van der Waals surface area contributed by atoms with E-state index in [1.807, 2.05) is 6.92 Å². The van der Waals surface area contributed by atoms with E-state index >= 15 is 0 Å². The van der Waals surface area contributed by atoms with Gasteiger partial charge >= 0.3 is 6.03 Å². The van der Waals surface area contributed by atoms with Crippen molar-refractivity contribution in [1.82, 2.24) is 10.6 Å². The Morgan fingerprint density at radius 1 is 1.46 bits per heavy atom. The number of carbonyl (C=O) groups is 2. The molecule has 0 aromatic heterocycles. The summed E-state index contributed by atoms with van der Waals surface area (Å²) in [7, 11) is 0. The Morgan fingerprint density at radius 2 is 2.08 bits per heavy atom. The van der Waals surface area contributed by atoms with E-state index in [1.54, 1.807) is 0 Å². The first-order chi connectivity index (χ1) is 6.06. The molecule has 0 aliphatic rings. The van der Waals surface area contributed by atoms with Crippen molar-refractivity contribution in [1.29, 1.82) is 0 Å². The monoisotopic (exact) mass is 205 g/mol. The zero-order valence-electron chi connectivity index (χ0n) is 7.54. The predicted octanol–water partition coefficient (Wildman–Crippen LogP) is -0.521. The lowest BCUT2D eigenvalue weighted by atomic mass is 10.3. The fourth-order valence-corrected chi connectivity index (χ4v) is 1.01. The number of rotatable bonds is 5. The minimum Gasteiger partial charge on any atom is -0.370 e. The van der Waals surface area contributed by atoms with Crippen LogP contribution in [0, 0.1) is 0 Å². The Hall–Kier alpha value is -0.910. The van der Waals surface area contributed by atoms with Gasteiger partial charge in [-0.2, -0.15) is 12.6 Å². The second-order valence-corrected chi connectivity index (χ2v) is 3.29. The van der Waals surface area contributed by atoms with Crippen molar-refractivity contribution in [3.63, 3.8) is 0 Å². The van der Waals surface area contributed by atoms with Crippen LogP contribution in [0.3, 0.4) is 0 Å². The standard InChI is InChI=1S/C7H15N3O2S/c1-2-9-7(12)10-4-5(13)3-6(8)11/h5,13H,2-4H2,1H3,(H2,8,11)(H2,9,10,12). The van der Waals surface area contributed by atoms with Crippen molar-refractivity contribution >= 4 is 24.6 Å². The van der Waals surface area contributed by atoms with E-state index in [0.717, 1.165) is 0 Å². The maximum Gasteiger partial charge on any atom is 0.314 e. The van der Waals surface area contributed by atoms with E-state index in [9.17, 15) is 9.59 Å². The van der Waals surface area contributed by atoms with Crippen LogP contribution >= 0.6 is 12.6 Å². The number of carbonyl (C=O) groups excluding carboxylic acids is 2. The van der Waals surface area contributed by atoms with Gasteiger partial charge in [0.25, 0.3) is 0 Å². The molecule has 0 saturated carbocycles. The molecule has 1 unspecified atom stereocenters. The number of amides is 3. The molecule has 0 saturated heterocycles. The number of nitrogens with one attached hydrogen (secondary N) is 2. The third-order valence-corrected chi connectivity index (χ3v) is 1.64. The van der Waals surface area contributed by atoms with Gasteiger partial charge in [0.15, 0.2) is 0 Å². The molecule has 0 aliphatic heterocycles. The highest BCUT2D eigenvalue weighted by Gasteiger charge is 2.07. The molecular formula is C7H15N3O2S. The van der Waals surface area contributed by atoms with Crippen LogP contribution in [0.4, 0.5) is 4.79 Å². The van der Waals surface area contributed by atoms with Crippen molar-refractivity contribution in [3.05, 3.63) is 0 Å². The quantitative estimate of drug-likeness (QED) is 0.455. The maximum atomic E-state index is 10.9. The van der Waals surface area contributed by atoms with Crippen molar-refractivity contribution < 1.29 is 9.59 Å². The van der Waals surface area contributed by atoms with Crippen LogP contribution in [0.5, 0.6) is 0 Å². The minimum absolute atomic E-state index is 0.162. The summed E-state index contributed by atoms with van der Waals surface area (Å²) in [5.41, 5.74) is 4.94. The smallest absolute Gasteiger partial charge is 0.314 e. The largest absolute Gasteiger partial charge is 0.370 e. The SMILES string of the molecule is CCNC(=O)NCC(S)CC(N)=O. The molecule has 3 amide bonds. The summed E-state index contributed by atoms with van der Waals surface area (Å²) < 4.78 is 0. The lowest BCUT2D eigenvalue weighted by Crippen LogP contribution is -2.39. The van der Waals surface area contributed by atoms with Crippen molar-refractivity contribution in [2.45, 2.75) is 18.6 Å². The number of nitrogens with two attached hydrogens (primary N) is 1. The summed E-state index contributed by atoms with van der Waals surface area (Å²) in [5, 5.41) is 4.89. The summed E-state index contributed by atoms with van der Waals surface area (Å²) in [4.78, 5) is 21.3. The van der Waals surface area contributed by atoms with Crippen LogP contribution in [0.2, 0.25) is 0 Å². The molecule has 0 radical (unpaired) electrons. The number of hydrogen-bond donors (Lipinski definition) is 4. The summed E-state index contributed by atoms with van der Waals surface area (Å²) in [6.45, 7) is 2.72. The summed E-state index contributed by atoms with van der Waals surface area (Å²) in [6.07, 6.45) is 0.162. The van der Waals surface area contributed by atoms with Crippen molar-refractivity contribution in [2.24, 2.45) is 5.73 Å². The fourth-order valence-electron chi connectivity index (χ4n) is 0.738. The highest BCUT2D eigenvalue weighted by Crippen LogP contribution is 1.97. The molecule has 0 spiro atoms. The molecule has 0 fully saturated rings. The van der Waals surface area contributed by atoms with Gasteiger partial charge in [-0.05, 0) is 6.92 Å². The van der Waals surface area contributed by atoms with Gasteiger partial charge in [-0.1, -0.05) is 0 Å². The zero-order chi connectivity index (χ0) is 10.3. The molecule has 0 bridgehead atoms. The van der Waals surface area contributed by atoms with E-state index in [0.29, 0.717) is 13.1 Å². The third-order valence-electron chi connectivity index (χ3n) is 1.27. The van der Waals surface area contributed by atoms with Gasteiger partial charge in [0, 0.05) is 24.8 Å². The van der Waals surface area contributed by atoms with Gasteiger partial charge in [-0.25, -0.2) is 4.79 Å². The fraction of sp³-hybridized carbons (Fsp3) is 0.714. The van der Waals surface area contributed by atoms with E-state index in [2.05, 4.69) is 23.3 Å². The molecule has 0 aliphatic carbocycles. The summed E-state index contributed by atoms with van der Waals surface area (Å²) in [6, 6.07) is -0.258. The number of thiol groups is 1. The van der Waals surface area contributed by atoms with Crippen LogP contribution in [0.15, 0.2) is 0 Å². The molecule has 5 nitrogen and oxygen atoms in total. The molecule has 76 valence electrons. The first-order valence-electron chi connectivity index (χ1n) is 4.04. The lowest BCUT2D eigenvalue weighted by molar-refractivity contribution is -0.117. The Kier molecular flexibility index (Phi) is 6.13. The van der Waals surface area contributed by atoms with Gasteiger partial charge < -0.3 is 16.4 Å². The number of hydrogen-bond acceptors (Lipinski definition) is 3. The van der Waals surface area contributed by atoms with Crippen molar-refractivity contribution in [2.75, 3.05) is 13.1 Å². The number of urea groups is 1. The summed E-state index contributed by atoms with van der Waals surface area (Å²) in [5.74, 6) is -0.419. The lowest BCUT2D eigenvalue weighted by Gasteiger charge is -2.09. The molecule has 0 aromatic rings. The first-order valence-corrected chi connectivity index (χ1v) is 4.56. The van der Waals surface area contributed by atoms with E-state index in [1.165, 1.54) is 0 Å². The third kappa shape index (κ3) is 7.45. The van der Waals surface area contributed by atoms with Crippen LogP contribution in [-0.2, 0) is 4.79 Å². The first kappa shape index (κ1) is 12.1. The van der Waals surface area contributed by atoms with Gasteiger partial charge in [0.2, 0.25) is 5.91 Å². The maximum absolute atomic E-state index is 10.9. The molecular weight excluding hydrogens is 190 g/mol. The van der Waals surface area contributed by atoms with Gasteiger partial charge in [0.1, 0.15) is 0 Å². The van der Waals surface area contributed by atoms with Gasteiger partial charge in [0.05, 0.1) is 0 Å². The molecule has 0 rings (SSSR count). The molecule has 4 N–H and O–H groups in total. The number of primary amides is 1. The molecule has 6 heteroatoms. The van der Waals surface area contributed by atoms with E-state index < -0.39 is 5.91 Å². The van der Waals surface area contributed by atoms with Crippen LogP contribution in [-0.4, -0.2) is 30.3 Å². The van der Waals surface area contributed by atoms with Crippen LogP contribution < -0.4 is 16.4 Å². The van der Waals surface area contributed by atoms with E-state index in [4.69, 9.17) is 5.73 Å². The molecule has 0 aromatic carbocycles. The minimum atomic E-state index is -0.419. The average molecular weight is 205 g/mol. The normalized spacial score (nSPS) is 11.8. The molecule has 0 heterocycles. The van der Waals surface area contributed by atoms with Crippen molar-refractivity contribution in [3.8, 4) is 0 Å². The van der Waals surface area contributed by atoms with Crippen LogP contribution in [0.25, 0.3) is 0 Å². The van der Waals surface area contributed by atoms with Gasteiger partial charge in [-0.3, -0.25) is 4.79 Å². The highest BCUT2D eigenvalue weighted by molar-refractivity contribution is 7.81. The Labute approximate surface area is 82.8 Å². The summed E-state index contributed by atoms with van der Waals surface area (Å²) >= 11 is 4.07. The molecule has 1 atom stereocenters. The molecule has 13 heavy (non-hydrogen) atoms. The highest BCUT2D eigenvalue weighted by atomic mass is 32.1. The average Bonchev–Trinajstić information content (AvgIpc) is 2.00. The second-order valence-electron chi connectivity index (χ2n) is 2.56. The Morgan fingerprint density at radius 3 is 2.54 bits per heavy atom. The Bertz CT molecular complexity index is 187. The van der Waals surface area contributed by atoms with E-state index in [-0.39, 0.29) is 17.7 Å².